The van der Waals surface area contributed by atoms with Gasteiger partial charge in [-0.25, -0.2) is 19.3 Å². The number of amides is 2. The first-order chi connectivity index (χ1) is 12.3. The lowest BCUT2D eigenvalue weighted by molar-refractivity contribution is -0.124. The van der Waals surface area contributed by atoms with E-state index in [1.807, 2.05) is 0 Å². The molecule has 0 bridgehead atoms. The molecule has 1 aromatic carbocycles. The number of rotatable bonds is 6. The Balaban J connectivity index is 2.02. The molecule has 0 aliphatic heterocycles. The van der Waals surface area contributed by atoms with Gasteiger partial charge in [-0.05, 0) is 35.9 Å². The van der Waals surface area contributed by atoms with Crippen LogP contribution in [0.25, 0.3) is 6.08 Å². The highest BCUT2D eigenvalue weighted by Crippen LogP contribution is 2.11. The Morgan fingerprint density at radius 1 is 1.23 bits per heavy atom. The molecule has 0 atom stereocenters. The number of nitrogens with one attached hydrogen (secondary N) is 2. The molecule has 11 heteroatoms. The number of hydrogen-bond acceptors (Lipinski definition) is 8. The maximum absolute atomic E-state index is 12.0. The first-order valence-corrected chi connectivity index (χ1v) is 8.32. The number of benzene rings is 1. The minimum atomic E-state index is -4.70. The van der Waals surface area contributed by atoms with Gasteiger partial charge in [0.2, 0.25) is 5.09 Å². The molecule has 0 saturated carbocycles. The van der Waals surface area contributed by atoms with Crippen LogP contribution >= 0.6 is 0 Å². The summed E-state index contributed by atoms with van der Waals surface area (Å²) in [6, 6.07) is 8.37. The predicted octanol–water partition coefficient (Wildman–Crippen LogP) is 0.466. The van der Waals surface area contributed by atoms with Crippen molar-refractivity contribution in [1.82, 2.24) is 10.9 Å². The Hall–Kier alpha value is -3.28. The summed E-state index contributed by atoms with van der Waals surface area (Å²) in [5, 5.41) is 11.3. The van der Waals surface area contributed by atoms with Gasteiger partial charge in [-0.2, -0.15) is 5.10 Å². The second-order valence-electron chi connectivity index (χ2n) is 4.74. The topological polar surface area (TPSA) is 161 Å². The zero-order valence-electron chi connectivity index (χ0n) is 12.9. The Kier molecular flexibility index (Phi) is 6.01. The molecule has 3 N–H and O–H groups in total. The third-order valence-electron chi connectivity index (χ3n) is 2.89. The average Bonchev–Trinajstić information content (AvgIpc) is 3.09. The average molecular weight is 378 g/mol. The Labute approximate surface area is 147 Å². The number of nitrogens with zero attached hydrogens (tertiary/aromatic N) is 1. The Morgan fingerprint density at radius 3 is 2.65 bits per heavy atom. The first kappa shape index (κ1) is 19.1. The van der Waals surface area contributed by atoms with Gasteiger partial charge in [-0.1, -0.05) is 12.1 Å². The van der Waals surface area contributed by atoms with Crippen molar-refractivity contribution in [3.63, 3.8) is 0 Å². The van der Waals surface area contributed by atoms with Gasteiger partial charge in [0, 0.05) is 11.6 Å². The predicted molar refractivity (Wildman–Crippen MR) is 87.1 cm³/mol. The van der Waals surface area contributed by atoms with Crippen LogP contribution in [0, 0.1) is 0 Å². The number of furan rings is 1. The summed E-state index contributed by atoms with van der Waals surface area (Å²) in [6.07, 6.45) is 3.50. The van der Waals surface area contributed by atoms with E-state index in [1.165, 1.54) is 29.8 Å². The van der Waals surface area contributed by atoms with E-state index >= 15 is 0 Å². The summed E-state index contributed by atoms with van der Waals surface area (Å²) in [5.74, 6) is -1.33. The smallest absolute Gasteiger partial charge is 0.271 e. The van der Waals surface area contributed by atoms with E-state index in [9.17, 15) is 22.6 Å². The molecule has 1 heterocycles. The Morgan fingerprint density at radius 2 is 2.00 bits per heavy atom. The molecule has 1 aromatic heterocycles. The Bertz CT molecular complexity index is 977. The standard InChI is InChI=1S/C15H13N3O7S/c19-13(18-21)6-4-10-2-1-3-11(8-10)15(20)17-16-9-12-5-7-14(25-12)26(22,23)24/h1-9,21H,(H,17,20)(H,18,19)(H,22,23,24)/p-1/b6-4+,16-9+. The number of hydroxylamine groups is 1. The van der Waals surface area contributed by atoms with Crippen LogP contribution in [0.15, 0.2) is 57.1 Å². The lowest BCUT2D eigenvalue weighted by Gasteiger charge is -2.01. The fraction of sp³-hybridized carbons (Fsp3) is 0. The van der Waals surface area contributed by atoms with Crippen LogP contribution < -0.4 is 10.9 Å². The van der Waals surface area contributed by atoms with Crippen LogP contribution in [-0.4, -0.2) is 36.2 Å². The van der Waals surface area contributed by atoms with Crippen LogP contribution in [0.4, 0.5) is 0 Å². The molecule has 26 heavy (non-hydrogen) atoms. The molecule has 0 fully saturated rings. The summed E-state index contributed by atoms with van der Waals surface area (Å²) in [7, 11) is -4.70. The molecule has 2 aromatic rings. The van der Waals surface area contributed by atoms with Gasteiger partial charge in [0.15, 0.2) is 10.1 Å². The van der Waals surface area contributed by atoms with Gasteiger partial charge in [0.25, 0.3) is 11.8 Å². The fourth-order valence-corrected chi connectivity index (χ4v) is 2.18. The number of carbonyl (C=O) groups excluding carboxylic acids is 2. The number of hydrogen-bond donors (Lipinski definition) is 3. The maximum Gasteiger partial charge on any atom is 0.271 e. The van der Waals surface area contributed by atoms with Crippen LogP contribution in [-0.2, 0) is 14.9 Å². The van der Waals surface area contributed by atoms with Crippen molar-refractivity contribution < 1.29 is 32.2 Å². The second kappa shape index (κ2) is 8.20. The zero-order chi connectivity index (χ0) is 19.2. The highest BCUT2D eigenvalue weighted by atomic mass is 32.2. The van der Waals surface area contributed by atoms with Gasteiger partial charge in [-0.3, -0.25) is 14.8 Å². The monoisotopic (exact) mass is 378 g/mol. The minimum absolute atomic E-state index is 0.0357. The summed E-state index contributed by atoms with van der Waals surface area (Å²) in [5.41, 5.74) is 4.40. The third-order valence-corrected chi connectivity index (χ3v) is 3.60. The molecule has 0 radical (unpaired) electrons. The van der Waals surface area contributed by atoms with Crippen LogP contribution in [0.2, 0.25) is 0 Å². The van der Waals surface area contributed by atoms with Crippen molar-refractivity contribution >= 4 is 34.2 Å². The fourth-order valence-electron chi connectivity index (χ4n) is 1.75. The molecule has 0 unspecified atom stereocenters. The van der Waals surface area contributed by atoms with Crippen LogP contribution in [0.3, 0.4) is 0 Å². The molecule has 0 spiro atoms. The SMILES string of the molecule is O=C(/C=C/c1cccc(C(=O)N/N=C/c2ccc(S(=O)(=O)[O-])o2)c1)NO. The highest BCUT2D eigenvalue weighted by Gasteiger charge is 2.07. The van der Waals surface area contributed by atoms with E-state index in [2.05, 4.69) is 10.5 Å². The molecule has 0 aliphatic rings. The molecule has 0 saturated heterocycles. The normalized spacial score (nSPS) is 11.8. The zero-order valence-corrected chi connectivity index (χ0v) is 13.8. The molecule has 2 rings (SSSR count). The first-order valence-electron chi connectivity index (χ1n) is 6.91. The summed E-state index contributed by atoms with van der Waals surface area (Å²) in [6.45, 7) is 0. The van der Waals surface area contributed by atoms with Crippen molar-refractivity contribution in [1.29, 1.82) is 0 Å². The van der Waals surface area contributed by atoms with Gasteiger partial charge in [0.05, 0.1) is 6.21 Å². The summed E-state index contributed by atoms with van der Waals surface area (Å²) in [4.78, 5) is 22.9. The van der Waals surface area contributed by atoms with Gasteiger partial charge < -0.3 is 8.97 Å². The van der Waals surface area contributed by atoms with Gasteiger partial charge in [0.1, 0.15) is 5.76 Å². The van der Waals surface area contributed by atoms with Gasteiger partial charge in [-0.15, -0.1) is 0 Å². The van der Waals surface area contributed by atoms with Gasteiger partial charge >= 0.3 is 0 Å². The van der Waals surface area contributed by atoms with E-state index < -0.39 is 27.0 Å². The van der Waals surface area contributed by atoms with E-state index in [-0.39, 0.29) is 11.3 Å². The maximum atomic E-state index is 12.0. The van der Waals surface area contributed by atoms with E-state index in [1.54, 1.807) is 12.1 Å². The largest absolute Gasteiger partial charge is 0.742 e. The van der Waals surface area contributed by atoms with Crippen molar-refractivity contribution in [3.05, 3.63) is 59.4 Å². The van der Waals surface area contributed by atoms with E-state index in [0.717, 1.165) is 18.4 Å². The van der Waals surface area contributed by atoms with Crippen LogP contribution in [0.1, 0.15) is 21.7 Å². The summed E-state index contributed by atoms with van der Waals surface area (Å²) >= 11 is 0. The quantitative estimate of drug-likeness (QED) is 0.216. The lowest BCUT2D eigenvalue weighted by Crippen LogP contribution is -2.17. The molecule has 0 aliphatic carbocycles. The van der Waals surface area contributed by atoms with E-state index in [4.69, 9.17) is 9.62 Å². The summed E-state index contributed by atoms with van der Waals surface area (Å²) < 4.78 is 37.0. The van der Waals surface area contributed by atoms with Crippen molar-refractivity contribution in [2.24, 2.45) is 5.10 Å². The minimum Gasteiger partial charge on any atom is -0.742 e. The van der Waals surface area contributed by atoms with E-state index in [0.29, 0.717) is 5.56 Å². The molecule has 136 valence electrons. The number of carbonyl (C=O) groups is 2. The third kappa shape index (κ3) is 5.37. The molecular weight excluding hydrogens is 366 g/mol. The number of hydrazone groups is 1. The van der Waals surface area contributed by atoms with Crippen molar-refractivity contribution in [2.75, 3.05) is 0 Å². The van der Waals surface area contributed by atoms with Crippen molar-refractivity contribution in [2.45, 2.75) is 5.09 Å². The molecular formula is C15H12N3O7S-. The van der Waals surface area contributed by atoms with Crippen molar-refractivity contribution in [3.8, 4) is 0 Å². The lowest BCUT2D eigenvalue weighted by atomic mass is 10.1. The van der Waals surface area contributed by atoms with Crippen LogP contribution in [0.5, 0.6) is 0 Å². The highest BCUT2D eigenvalue weighted by molar-refractivity contribution is 7.85. The molecule has 2 amide bonds. The molecule has 10 nitrogen and oxygen atoms in total. The second-order valence-corrected chi connectivity index (χ2v) is 6.06.